The molecule has 8 heteroatoms. The van der Waals surface area contributed by atoms with Gasteiger partial charge in [-0.1, -0.05) is 87.0 Å². The molecule has 0 aliphatic carbocycles. The zero-order valence-corrected chi connectivity index (χ0v) is 26.5. The van der Waals surface area contributed by atoms with Gasteiger partial charge in [0.15, 0.2) is 0 Å². The average Bonchev–Trinajstić information content (AvgIpc) is 2.84. The molecule has 0 bridgehead atoms. The molecule has 35 heavy (non-hydrogen) atoms. The van der Waals surface area contributed by atoms with Crippen LogP contribution in [0.1, 0.15) is 126 Å². The Bertz CT molecular complexity index is 402. The van der Waals surface area contributed by atoms with E-state index in [0.717, 1.165) is 77.0 Å². The number of unbranched alkanes of at least 4 members (excludes halogenated alkanes) is 6. The van der Waals surface area contributed by atoms with E-state index in [2.05, 4.69) is 48.5 Å². The van der Waals surface area contributed by atoms with Crippen LogP contribution in [0.4, 0.5) is 0 Å². The molecule has 0 fully saturated rings. The van der Waals surface area contributed by atoms with Crippen LogP contribution in [0.3, 0.4) is 0 Å². The Kier molecular flexibility index (Phi) is 23.4. The lowest BCUT2D eigenvalue weighted by atomic mass is 10.4. The van der Waals surface area contributed by atoms with Gasteiger partial charge in [-0.2, -0.15) is 0 Å². The third-order valence-corrected chi connectivity index (χ3v) is 12.7. The summed E-state index contributed by atoms with van der Waals surface area (Å²) < 4.78 is 39.5. The van der Waals surface area contributed by atoms with Crippen molar-refractivity contribution in [1.29, 1.82) is 0 Å². The van der Waals surface area contributed by atoms with Gasteiger partial charge in [0.2, 0.25) is 0 Å². The van der Waals surface area contributed by atoms with E-state index in [0.29, 0.717) is 45.7 Å². The van der Waals surface area contributed by atoms with Crippen LogP contribution in [0, 0.1) is 0 Å². The molecule has 0 aromatic heterocycles. The van der Waals surface area contributed by atoms with Crippen LogP contribution in [0.5, 0.6) is 0 Å². The Morgan fingerprint density at radius 2 is 0.686 bits per heavy atom. The minimum atomic E-state index is -2.97. The monoisotopic (exact) mass is 536 g/mol. The van der Waals surface area contributed by atoms with Crippen LogP contribution >= 0.6 is 0 Å². The molecular weight excluding hydrogens is 476 g/mol. The molecule has 0 spiro atoms. The van der Waals surface area contributed by atoms with E-state index in [1.54, 1.807) is 0 Å². The largest absolute Gasteiger partial charge is 0.503 e. The summed E-state index contributed by atoms with van der Waals surface area (Å²) in [6.45, 7) is 19.4. The SMILES string of the molecule is CCCCO[Si](CC(C)[Si](OCCCC)(OCCCC)OCCCC)(OCCCC)OCCCC. The fourth-order valence-corrected chi connectivity index (χ4v) is 10.4. The summed E-state index contributed by atoms with van der Waals surface area (Å²) >= 11 is 0. The Balaban J connectivity index is 5.95. The number of rotatable bonds is 27. The van der Waals surface area contributed by atoms with Crippen molar-refractivity contribution in [3.8, 4) is 0 Å². The molecule has 6 nitrogen and oxygen atoms in total. The van der Waals surface area contributed by atoms with Crippen molar-refractivity contribution in [1.82, 2.24) is 0 Å². The molecule has 0 aromatic carbocycles. The molecule has 0 saturated heterocycles. The van der Waals surface area contributed by atoms with Crippen molar-refractivity contribution >= 4 is 17.6 Å². The van der Waals surface area contributed by atoms with Gasteiger partial charge in [0.25, 0.3) is 0 Å². The quantitative estimate of drug-likeness (QED) is 0.0779. The lowest BCUT2D eigenvalue weighted by molar-refractivity contribution is 0.0364. The van der Waals surface area contributed by atoms with Crippen molar-refractivity contribution in [2.24, 2.45) is 0 Å². The second-order valence-electron chi connectivity index (χ2n) is 9.60. The third-order valence-electron chi connectivity index (χ3n) is 6.02. The minimum absolute atomic E-state index is 0.0459. The summed E-state index contributed by atoms with van der Waals surface area (Å²) in [5.74, 6) is 0. The van der Waals surface area contributed by atoms with E-state index >= 15 is 0 Å². The molecule has 1 atom stereocenters. The Hall–Kier alpha value is 0.194. The summed E-state index contributed by atoms with van der Waals surface area (Å²) in [7, 11) is -5.90. The highest BCUT2D eigenvalue weighted by Gasteiger charge is 2.54. The van der Waals surface area contributed by atoms with Crippen molar-refractivity contribution in [2.45, 2.75) is 137 Å². The highest BCUT2D eigenvalue weighted by molar-refractivity contribution is 6.67. The average molecular weight is 537 g/mol. The number of hydrogen-bond donors (Lipinski definition) is 0. The predicted molar refractivity (Wildman–Crippen MR) is 151 cm³/mol. The van der Waals surface area contributed by atoms with E-state index in [-0.39, 0.29) is 5.54 Å². The molecule has 0 amide bonds. The maximum absolute atomic E-state index is 6.60. The lowest BCUT2D eigenvalue weighted by Gasteiger charge is -2.38. The fraction of sp³-hybridized carbons (Fsp3) is 1.00. The Morgan fingerprint density at radius 3 is 0.943 bits per heavy atom. The third kappa shape index (κ3) is 15.9. The van der Waals surface area contributed by atoms with Gasteiger partial charge in [-0.05, 0) is 38.5 Å². The summed E-state index contributed by atoms with van der Waals surface area (Å²) in [6, 6.07) is 0.681. The molecule has 0 N–H and O–H groups in total. The minimum Gasteiger partial charge on any atom is -0.373 e. The summed E-state index contributed by atoms with van der Waals surface area (Å²) in [5.41, 5.74) is 0.0459. The first kappa shape index (κ1) is 35.2. The van der Waals surface area contributed by atoms with Gasteiger partial charge in [0.05, 0.1) is 0 Å². The van der Waals surface area contributed by atoms with E-state index in [1.165, 1.54) is 0 Å². The molecule has 0 saturated carbocycles. The van der Waals surface area contributed by atoms with E-state index in [4.69, 9.17) is 26.6 Å². The van der Waals surface area contributed by atoms with Crippen molar-refractivity contribution in [2.75, 3.05) is 39.6 Å². The highest BCUT2D eigenvalue weighted by Crippen LogP contribution is 2.36. The van der Waals surface area contributed by atoms with E-state index in [9.17, 15) is 0 Å². The van der Waals surface area contributed by atoms with Gasteiger partial charge in [-0.15, -0.1) is 0 Å². The molecule has 1 unspecified atom stereocenters. The summed E-state index contributed by atoms with van der Waals surface area (Å²) in [4.78, 5) is 0. The molecule has 0 aliphatic rings. The molecule has 0 aliphatic heterocycles. The lowest BCUT2D eigenvalue weighted by Crippen LogP contribution is -2.55. The second-order valence-corrected chi connectivity index (χ2v) is 15.3. The van der Waals surface area contributed by atoms with Gasteiger partial charge in [0, 0.05) is 51.2 Å². The van der Waals surface area contributed by atoms with Crippen molar-refractivity contribution in [3.63, 3.8) is 0 Å². The van der Waals surface area contributed by atoms with Crippen LogP contribution < -0.4 is 0 Å². The maximum Gasteiger partial charge on any atom is 0.503 e. The zero-order chi connectivity index (χ0) is 26.3. The van der Waals surface area contributed by atoms with Crippen LogP contribution in [0.15, 0.2) is 0 Å². The van der Waals surface area contributed by atoms with Crippen LogP contribution in [-0.2, 0) is 26.6 Å². The highest BCUT2D eigenvalue weighted by atomic mass is 28.4. The van der Waals surface area contributed by atoms with Crippen LogP contribution in [0.2, 0.25) is 11.6 Å². The topological polar surface area (TPSA) is 55.4 Å². The molecule has 0 aromatic rings. The first-order valence-corrected chi connectivity index (χ1v) is 18.6. The summed E-state index contributed by atoms with van der Waals surface area (Å²) in [6.07, 6.45) is 12.6. The Labute approximate surface area is 220 Å². The molecular formula is C27H60O6Si2. The van der Waals surface area contributed by atoms with E-state index < -0.39 is 17.6 Å². The van der Waals surface area contributed by atoms with Crippen molar-refractivity contribution < 1.29 is 26.6 Å². The van der Waals surface area contributed by atoms with Gasteiger partial charge >= 0.3 is 17.6 Å². The molecule has 212 valence electrons. The van der Waals surface area contributed by atoms with Crippen molar-refractivity contribution in [3.05, 3.63) is 0 Å². The zero-order valence-electron chi connectivity index (χ0n) is 24.5. The fourth-order valence-electron chi connectivity index (χ4n) is 3.55. The van der Waals surface area contributed by atoms with Crippen LogP contribution in [-0.4, -0.2) is 57.3 Å². The van der Waals surface area contributed by atoms with E-state index in [1.807, 2.05) is 0 Å². The van der Waals surface area contributed by atoms with Gasteiger partial charge < -0.3 is 26.6 Å². The predicted octanol–water partition coefficient (Wildman–Crippen LogP) is 8.15. The first-order valence-electron chi connectivity index (χ1n) is 14.8. The summed E-state index contributed by atoms with van der Waals surface area (Å²) in [5, 5.41) is 0. The second kappa shape index (κ2) is 23.3. The smallest absolute Gasteiger partial charge is 0.373 e. The van der Waals surface area contributed by atoms with Gasteiger partial charge in [0.1, 0.15) is 0 Å². The number of hydrogen-bond acceptors (Lipinski definition) is 6. The van der Waals surface area contributed by atoms with Gasteiger partial charge in [-0.3, -0.25) is 0 Å². The maximum atomic E-state index is 6.60. The first-order chi connectivity index (χ1) is 17.0. The molecule has 0 rings (SSSR count). The molecule has 0 radical (unpaired) electrons. The standard InChI is InChI=1S/C27H60O6Si2/c1-8-14-20-28-34(29-21-15-9-2,30-22-16-10-3)26-27(7)35(31-23-17-11-4,32-24-18-12-5)33-25-19-13-6/h27H,8-26H2,1-7H3. The normalized spacial score (nSPS) is 13.5. The molecule has 0 heterocycles. The van der Waals surface area contributed by atoms with Crippen LogP contribution in [0.25, 0.3) is 0 Å². The Morgan fingerprint density at radius 1 is 0.429 bits per heavy atom. The van der Waals surface area contributed by atoms with Gasteiger partial charge in [-0.25, -0.2) is 0 Å².